The van der Waals surface area contributed by atoms with Crippen LogP contribution in [0.2, 0.25) is 0 Å². The van der Waals surface area contributed by atoms with E-state index >= 15 is 0 Å². The Morgan fingerprint density at radius 2 is 1.68 bits per heavy atom. The Morgan fingerprint density at radius 1 is 1.04 bits per heavy atom. The molecule has 0 bridgehead atoms. The number of benzene rings is 2. The van der Waals surface area contributed by atoms with Gasteiger partial charge in [-0.25, -0.2) is 0 Å². The molecule has 1 fully saturated rings. The number of nitrogens with zero attached hydrogens (tertiary/aromatic N) is 2. The third-order valence-electron chi connectivity index (χ3n) is 4.02. The van der Waals surface area contributed by atoms with E-state index in [4.69, 9.17) is 5.73 Å². The van der Waals surface area contributed by atoms with Crippen LogP contribution >= 0.6 is 11.8 Å². The van der Waals surface area contributed by atoms with Crippen molar-refractivity contribution in [1.82, 2.24) is 10.2 Å². The van der Waals surface area contributed by atoms with E-state index < -0.39 is 11.8 Å². The van der Waals surface area contributed by atoms with Crippen LogP contribution in [0.15, 0.2) is 54.6 Å². The first-order valence-electron chi connectivity index (χ1n) is 8.47. The summed E-state index contributed by atoms with van der Waals surface area (Å²) in [4.78, 5) is 50.7. The number of nitrogens with two attached hydrogens (primary N) is 1. The predicted molar refractivity (Wildman–Crippen MR) is 107 cm³/mol. The van der Waals surface area contributed by atoms with E-state index in [0.717, 1.165) is 16.7 Å². The normalized spacial score (nSPS) is 13.5. The topological polar surface area (TPSA) is 113 Å². The number of hydrogen-bond acceptors (Lipinski definition) is 6. The first-order valence-corrected chi connectivity index (χ1v) is 9.46. The monoisotopic (exact) mass is 398 g/mol. The van der Waals surface area contributed by atoms with Crippen LogP contribution in [0.5, 0.6) is 0 Å². The van der Waals surface area contributed by atoms with Crippen LogP contribution in [0, 0.1) is 0 Å². The Kier molecular flexibility index (Phi) is 5.95. The van der Waals surface area contributed by atoms with Gasteiger partial charge < -0.3 is 11.1 Å². The second-order valence-corrected chi connectivity index (χ2v) is 6.85. The molecule has 0 atom stereocenters. The van der Waals surface area contributed by atoms with E-state index in [0.29, 0.717) is 17.1 Å². The highest BCUT2D eigenvalue weighted by Gasteiger charge is 2.30. The molecule has 2 aromatic rings. The molecule has 0 spiro atoms. The maximum atomic E-state index is 12.8. The summed E-state index contributed by atoms with van der Waals surface area (Å²) >= 11 is 0.919. The average molecular weight is 398 g/mol. The quantitative estimate of drug-likeness (QED) is 0.586. The summed E-state index contributed by atoms with van der Waals surface area (Å²) in [7, 11) is 0. The van der Waals surface area contributed by atoms with Gasteiger partial charge in [-0.3, -0.25) is 29.0 Å². The van der Waals surface area contributed by atoms with Crippen LogP contribution in [0.3, 0.4) is 0 Å². The molecule has 1 heterocycles. The maximum absolute atomic E-state index is 12.8. The maximum Gasteiger partial charge on any atom is 0.320 e. The molecule has 9 heteroatoms. The summed E-state index contributed by atoms with van der Waals surface area (Å²) in [5, 5.41) is 2.12. The number of rotatable bonds is 5. The van der Waals surface area contributed by atoms with E-state index in [9.17, 15) is 19.2 Å². The number of thioether (sulfide) groups is 1. The smallest absolute Gasteiger partial charge is 0.320 e. The molecule has 1 aliphatic rings. The average Bonchev–Trinajstić information content (AvgIpc) is 3.02. The number of hydrogen-bond donors (Lipinski definition) is 2. The molecular formula is C19H18N4O4S. The van der Waals surface area contributed by atoms with E-state index in [1.165, 1.54) is 4.90 Å². The van der Waals surface area contributed by atoms with Crippen LogP contribution in [0.25, 0.3) is 0 Å². The van der Waals surface area contributed by atoms with Crippen LogP contribution in [0.1, 0.15) is 0 Å². The number of nitrogens with one attached hydrogen (secondary N) is 1. The Balaban J connectivity index is 1.71. The standard InChI is InChI=1S/C19H18N4O4S/c20-13-6-8-15(9-7-13)23(14-4-2-1-3-5-14)18(26)17(25)21-10-11-22-16(24)12-28-19(22)27/h1-9H,10-12,20H2,(H,21,25). The minimum absolute atomic E-state index is 0.00696. The van der Waals surface area contributed by atoms with Gasteiger partial charge in [-0.2, -0.15) is 0 Å². The minimum Gasteiger partial charge on any atom is -0.399 e. The Bertz CT molecular complexity index is 886. The fraction of sp³-hybridized carbons (Fsp3) is 0.158. The van der Waals surface area contributed by atoms with E-state index in [2.05, 4.69) is 5.32 Å². The van der Waals surface area contributed by atoms with Gasteiger partial charge in [0.1, 0.15) is 0 Å². The first-order chi connectivity index (χ1) is 13.5. The Labute approximate surface area is 165 Å². The fourth-order valence-electron chi connectivity index (χ4n) is 2.64. The number of para-hydroxylation sites is 1. The third kappa shape index (κ3) is 4.32. The van der Waals surface area contributed by atoms with Crippen molar-refractivity contribution < 1.29 is 19.2 Å². The molecule has 28 heavy (non-hydrogen) atoms. The van der Waals surface area contributed by atoms with Crippen molar-refractivity contribution in [3.8, 4) is 0 Å². The molecule has 0 radical (unpaired) electrons. The first kappa shape index (κ1) is 19.4. The van der Waals surface area contributed by atoms with Gasteiger partial charge in [0.25, 0.3) is 5.24 Å². The zero-order valence-electron chi connectivity index (χ0n) is 14.8. The van der Waals surface area contributed by atoms with Crippen molar-refractivity contribution in [2.24, 2.45) is 0 Å². The lowest BCUT2D eigenvalue weighted by Crippen LogP contribution is -2.44. The van der Waals surface area contributed by atoms with Gasteiger partial charge >= 0.3 is 11.8 Å². The van der Waals surface area contributed by atoms with Gasteiger partial charge in [0, 0.05) is 30.2 Å². The van der Waals surface area contributed by atoms with Crippen LogP contribution < -0.4 is 16.0 Å². The summed E-state index contributed by atoms with van der Waals surface area (Å²) in [5.74, 6) is -1.83. The highest BCUT2D eigenvalue weighted by atomic mass is 32.2. The molecule has 0 aliphatic carbocycles. The molecule has 1 saturated heterocycles. The number of nitrogen functional groups attached to an aromatic ring is 1. The van der Waals surface area contributed by atoms with Gasteiger partial charge in [0.15, 0.2) is 0 Å². The van der Waals surface area contributed by atoms with Crippen molar-refractivity contribution in [3.05, 3.63) is 54.6 Å². The largest absolute Gasteiger partial charge is 0.399 e. The molecule has 144 valence electrons. The SMILES string of the molecule is Nc1ccc(N(C(=O)C(=O)NCCN2C(=O)CSC2=O)c2ccccc2)cc1. The molecule has 8 nitrogen and oxygen atoms in total. The van der Waals surface area contributed by atoms with E-state index in [1.807, 2.05) is 0 Å². The van der Waals surface area contributed by atoms with Gasteiger partial charge in [-0.15, -0.1) is 0 Å². The number of amides is 4. The van der Waals surface area contributed by atoms with Gasteiger partial charge in [-0.05, 0) is 36.4 Å². The molecule has 4 amide bonds. The van der Waals surface area contributed by atoms with Gasteiger partial charge in [-0.1, -0.05) is 30.0 Å². The molecular weight excluding hydrogens is 380 g/mol. The highest BCUT2D eigenvalue weighted by molar-refractivity contribution is 8.14. The minimum atomic E-state index is -0.840. The van der Waals surface area contributed by atoms with Crippen molar-refractivity contribution in [2.75, 3.05) is 29.5 Å². The van der Waals surface area contributed by atoms with Crippen molar-refractivity contribution in [3.63, 3.8) is 0 Å². The second kappa shape index (κ2) is 8.57. The summed E-state index contributed by atoms with van der Waals surface area (Å²) in [5.41, 5.74) is 7.25. The zero-order chi connectivity index (χ0) is 20.1. The molecule has 3 N–H and O–H groups in total. The van der Waals surface area contributed by atoms with Crippen molar-refractivity contribution in [1.29, 1.82) is 0 Å². The van der Waals surface area contributed by atoms with Crippen LogP contribution in [-0.2, 0) is 14.4 Å². The number of imide groups is 1. The molecule has 0 unspecified atom stereocenters. The lowest BCUT2D eigenvalue weighted by atomic mass is 10.2. The number of carbonyl (C=O) groups excluding carboxylic acids is 4. The summed E-state index contributed by atoms with van der Waals surface area (Å²) in [6.07, 6.45) is 0. The molecule has 0 saturated carbocycles. The molecule has 1 aliphatic heterocycles. The Morgan fingerprint density at radius 3 is 2.29 bits per heavy atom. The third-order valence-corrected chi connectivity index (χ3v) is 4.88. The number of carbonyl (C=O) groups is 4. The van der Waals surface area contributed by atoms with Crippen molar-refractivity contribution >= 4 is 51.8 Å². The Hall–Kier alpha value is -3.33. The summed E-state index contributed by atoms with van der Waals surface area (Å²) in [6, 6.07) is 15.3. The predicted octanol–water partition coefficient (Wildman–Crippen LogP) is 1.75. The fourth-order valence-corrected chi connectivity index (χ4v) is 3.39. The second-order valence-electron chi connectivity index (χ2n) is 5.92. The number of anilines is 3. The molecule has 0 aromatic heterocycles. The van der Waals surface area contributed by atoms with E-state index in [1.54, 1.807) is 54.6 Å². The van der Waals surface area contributed by atoms with Crippen molar-refractivity contribution in [2.45, 2.75) is 0 Å². The lowest BCUT2D eigenvalue weighted by molar-refractivity contribution is -0.137. The molecule has 3 rings (SSSR count). The zero-order valence-corrected chi connectivity index (χ0v) is 15.6. The molecule has 2 aromatic carbocycles. The summed E-state index contributed by atoms with van der Waals surface area (Å²) in [6.45, 7) is 0.0177. The van der Waals surface area contributed by atoms with Crippen LogP contribution in [-0.4, -0.2) is 46.7 Å². The lowest BCUT2D eigenvalue weighted by Gasteiger charge is -2.23. The summed E-state index contributed by atoms with van der Waals surface area (Å²) < 4.78 is 0. The van der Waals surface area contributed by atoms with Gasteiger partial charge in [0.2, 0.25) is 5.91 Å². The van der Waals surface area contributed by atoms with E-state index in [-0.39, 0.29) is 30.0 Å². The van der Waals surface area contributed by atoms with Crippen LogP contribution in [0.4, 0.5) is 21.9 Å². The highest BCUT2D eigenvalue weighted by Crippen LogP contribution is 2.26. The van der Waals surface area contributed by atoms with Gasteiger partial charge in [0.05, 0.1) is 5.75 Å².